The number of aromatic nitrogens is 1. The number of thiazole rings is 1. The molecule has 1 aromatic carbocycles. The smallest absolute Gasteiger partial charge is 0.206 e. The summed E-state index contributed by atoms with van der Waals surface area (Å²) in [6.45, 7) is 6.60. The predicted octanol–water partition coefficient (Wildman–Crippen LogP) is 4.74. The minimum Gasteiger partial charge on any atom is -0.253 e. The molecule has 25 heavy (non-hydrogen) atoms. The zero-order chi connectivity index (χ0) is 17.2. The number of hydrogen-bond donors (Lipinski definition) is 0. The molecule has 0 radical (unpaired) electrons. The molecule has 0 spiro atoms. The van der Waals surface area contributed by atoms with E-state index in [9.17, 15) is 0 Å². The highest BCUT2D eigenvalue weighted by Crippen LogP contribution is 2.42. The lowest BCUT2D eigenvalue weighted by Gasteiger charge is -2.12. The summed E-state index contributed by atoms with van der Waals surface area (Å²) in [6, 6.07) is 10.4. The minimum atomic E-state index is 0.556. The van der Waals surface area contributed by atoms with E-state index in [2.05, 4.69) is 54.6 Å². The Bertz CT molecular complexity index is 885. The highest BCUT2D eigenvalue weighted by molar-refractivity contribution is 7.07. The van der Waals surface area contributed by atoms with E-state index in [-0.39, 0.29) is 0 Å². The van der Waals surface area contributed by atoms with Crippen molar-refractivity contribution in [2.45, 2.75) is 19.8 Å². The van der Waals surface area contributed by atoms with E-state index < -0.39 is 0 Å². The average Bonchev–Trinajstić information content (AvgIpc) is 3.34. The molecule has 1 saturated carbocycles. The lowest BCUT2D eigenvalue weighted by atomic mass is 9.95. The van der Waals surface area contributed by atoms with Crippen LogP contribution in [0, 0.1) is 17.8 Å². The molecule has 2 bridgehead atoms. The Kier molecular flexibility index (Phi) is 4.53. The summed E-state index contributed by atoms with van der Waals surface area (Å²) >= 11 is 1.64. The number of nitrogens with zero attached hydrogens (tertiary/aromatic N) is 3. The third-order valence-electron chi connectivity index (χ3n) is 4.94. The molecule has 3 nitrogen and oxygen atoms in total. The normalized spacial score (nSPS) is 25.3. The van der Waals surface area contributed by atoms with E-state index in [0.717, 1.165) is 22.0 Å². The lowest BCUT2D eigenvalue weighted by Crippen LogP contribution is -2.15. The van der Waals surface area contributed by atoms with Gasteiger partial charge in [0.15, 0.2) is 0 Å². The minimum absolute atomic E-state index is 0.556. The first-order valence-corrected chi connectivity index (χ1v) is 9.72. The van der Waals surface area contributed by atoms with Crippen LogP contribution in [0.15, 0.2) is 70.1 Å². The SMILES string of the molecule is C=C(C)CN=c1scc(-c2ccccc2)n1N=CC1CC2C=CC1C2. The van der Waals surface area contributed by atoms with E-state index >= 15 is 0 Å². The molecule has 2 aliphatic rings. The fraction of sp³-hybridized carbons (Fsp3) is 0.333. The Morgan fingerprint density at radius 2 is 2.12 bits per heavy atom. The van der Waals surface area contributed by atoms with Crippen molar-refractivity contribution in [1.29, 1.82) is 0 Å². The average molecular weight is 350 g/mol. The molecule has 1 aromatic heterocycles. The Morgan fingerprint density at radius 3 is 2.80 bits per heavy atom. The Morgan fingerprint density at radius 1 is 1.28 bits per heavy atom. The number of benzene rings is 1. The van der Waals surface area contributed by atoms with Crippen molar-refractivity contribution in [2.75, 3.05) is 6.54 Å². The molecule has 0 saturated heterocycles. The zero-order valence-corrected chi connectivity index (χ0v) is 15.3. The second kappa shape index (κ2) is 6.96. The van der Waals surface area contributed by atoms with Crippen molar-refractivity contribution >= 4 is 17.6 Å². The van der Waals surface area contributed by atoms with Crippen molar-refractivity contribution < 1.29 is 0 Å². The van der Waals surface area contributed by atoms with Gasteiger partial charge in [0.1, 0.15) is 0 Å². The van der Waals surface area contributed by atoms with Crippen LogP contribution >= 0.6 is 11.3 Å². The molecule has 2 aromatic rings. The van der Waals surface area contributed by atoms with E-state index in [1.165, 1.54) is 18.4 Å². The molecule has 0 amide bonds. The van der Waals surface area contributed by atoms with Crippen LogP contribution in [0.4, 0.5) is 0 Å². The van der Waals surface area contributed by atoms with Gasteiger partial charge in [-0.25, -0.2) is 4.68 Å². The van der Waals surface area contributed by atoms with Crippen molar-refractivity contribution in [3.63, 3.8) is 0 Å². The second-order valence-electron chi connectivity index (χ2n) is 7.06. The number of allylic oxidation sites excluding steroid dienone is 2. The van der Waals surface area contributed by atoms with E-state index in [0.29, 0.717) is 18.4 Å². The maximum atomic E-state index is 4.87. The van der Waals surface area contributed by atoms with Crippen molar-refractivity contribution in [1.82, 2.24) is 4.68 Å². The Balaban J connectivity index is 1.70. The van der Waals surface area contributed by atoms with Crippen LogP contribution in [0.3, 0.4) is 0 Å². The molecular weight excluding hydrogens is 326 g/mol. The third-order valence-corrected chi connectivity index (χ3v) is 5.80. The second-order valence-corrected chi connectivity index (χ2v) is 7.90. The Labute approximate surface area is 152 Å². The van der Waals surface area contributed by atoms with E-state index in [1.54, 1.807) is 11.3 Å². The van der Waals surface area contributed by atoms with Crippen molar-refractivity contribution in [3.05, 3.63) is 64.8 Å². The summed E-state index contributed by atoms with van der Waals surface area (Å²) in [6.07, 6.45) is 9.41. The maximum Gasteiger partial charge on any atom is 0.206 e. The van der Waals surface area contributed by atoms with Gasteiger partial charge in [0.2, 0.25) is 4.80 Å². The van der Waals surface area contributed by atoms with Crippen LogP contribution in [0.2, 0.25) is 0 Å². The number of rotatable bonds is 5. The van der Waals surface area contributed by atoms with Crippen LogP contribution in [-0.4, -0.2) is 17.4 Å². The molecule has 1 heterocycles. The first kappa shape index (κ1) is 16.3. The van der Waals surface area contributed by atoms with Gasteiger partial charge in [0, 0.05) is 23.1 Å². The van der Waals surface area contributed by atoms with Crippen LogP contribution in [0.25, 0.3) is 11.3 Å². The van der Waals surface area contributed by atoms with Gasteiger partial charge < -0.3 is 0 Å². The summed E-state index contributed by atoms with van der Waals surface area (Å²) in [5.41, 5.74) is 3.32. The number of fused-ring (bicyclic) bond motifs is 2. The van der Waals surface area contributed by atoms with Gasteiger partial charge in [-0.15, -0.1) is 11.3 Å². The highest BCUT2D eigenvalue weighted by Gasteiger charge is 2.34. The van der Waals surface area contributed by atoms with Crippen LogP contribution in [0.1, 0.15) is 19.8 Å². The monoisotopic (exact) mass is 349 g/mol. The molecule has 1 fully saturated rings. The summed E-state index contributed by atoms with van der Waals surface area (Å²) in [4.78, 5) is 5.63. The molecule has 3 atom stereocenters. The summed E-state index contributed by atoms with van der Waals surface area (Å²) < 4.78 is 2.00. The van der Waals surface area contributed by atoms with Gasteiger partial charge in [0.25, 0.3) is 0 Å². The summed E-state index contributed by atoms with van der Waals surface area (Å²) in [7, 11) is 0. The maximum absolute atomic E-state index is 4.87. The van der Waals surface area contributed by atoms with Crippen LogP contribution in [-0.2, 0) is 0 Å². The quantitative estimate of drug-likeness (QED) is 0.551. The molecule has 4 heteroatoms. The Hall–Kier alpha value is -2.20. The molecular formula is C21H23N3S. The molecule has 3 unspecified atom stereocenters. The van der Waals surface area contributed by atoms with Crippen LogP contribution in [0.5, 0.6) is 0 Å². The zero-order valence-electron chi connectivity index (χ0n) is 14.5. The van der Waals surface area contributed by atoms with Gasteiger partial charge in [-0.1, -0.05) is 54.6 Å². The standard InChI is InChI=1S/C21H23N3S/c1-15(2)12-22-21-24(20(14-25-21)17-6-4-3-5-7-17)23-13-19-11-16-8-9-18(19)10-16/h3-9,13-14,16,18-19H,1,10-12H2,2H3. The third kappa shape index (κ3) is 3.45. The van der Waals surface area contributed by atoms with Gasteiger partial charge in [-0.3, -0.25) is 4.99 Å². The van der Waals surface area contributed by atoms with Crippen molar-refractivity contribution in [2.24, 2.45) is 27.8 Å². The molecule has 4 rings (SSSR count). The molecule has 0 N–H and O–H groups in total. The lowest BCUT2D eigenvalue weighted by molar-refractivity contribution is 0.589. The topological polar surface area (TPSA) is 29.6 Å². The first-order valence-electron chi connectivity index (χ1n) is 8.84. The van der Waals surface area contributed by atoms with Crippen molar-refractivity contribution in [3.8, 4) is 11.3 Å². The largest absolute Gasteiger partial charge is 0.253 e. The van der Waals surface area contributed by atoms with Gasteiger partial charge in [-0.2, -0.15) is 5.10 Å². The van der Waals surface area contributed by atoms with E-state index in [1.807, 2.05) is 17.7 Å². The van der Waals surface area contributed by atoms with E-state index in [4.69, 9.17) is 10.1 Å². The first-order chi connectivity index (χ1) is 12.2. The van der Waals surface area contributed by atoms with Gasteiger partial charge in [-0.05, 0) is 31.6 Å². The highest BCUT2D eigenvalue weighted by atomic mass is 32.1. The fourth-order valence-corrected chi connectivity index (χ4v) is 4.51. The predicted molar refractivity (Wildman–Crippen MR) is 106 cm³/mol. The molecule has 128 valence electrons. The molecule has 2 aliphatic carbocycles. The van der Waals surface area contributed by atoms with Gasteiger partial charge >= 0.3 is 0 Å². The fourth-order valence-electron chi connectivity index (χ4n) is 3.68. The summed E-state index contributed by atoms with van der Waals surface area (Å²) in [5, 5.41) is 7.01. The van der Waals surface area contributed by atoms with Gasteiger partial charge in [0.05, 0.1) is 12.2 Å². The number of hydrogen-bond acceptors (Lipinski definition) is 3. The van der Waals surface area contributed by atoms with Crippen LogP contribution < -0.4 is 4.80 Å². The molecule has 0 aliphatic heterocycles. The summed E-state index contributed by atoms with van der Waals surface area (Å²) in [5.74, 6) is 1.99.